The van der Waals surface area contributed by atoms with E-state index in [0.29, 0.717) is 18.7 Å². The highest BCUT2D eigenvalue weighted by molar-refractivity contribution is 5.75. The van der Waals surface area contributed by atoms with Crippen molar-refractivity contribution in [2.24, 2.45) is 0 Å². The van der Waals surface area contributed by atoms with Gasteiger partial charge in [0.15, 0.2) is 0 Å². The van der Waals surface area contributed by atoms with Crippen LogP contribution in [0.15, 0.2) is 24.3 Å². The van der Waals surface area contributed by atoms with Gasteiger partial charge in [-0.1, -0.05) is 18.1 Å². The Morgan fingerprint density at radius 1 is 1.62 bits per heavy atom. The first-order valence-corrected chi connectivity index (χ1v) is 7.86. The molecule has 1 heterocycles. The lowest BCUT2D eigenvalue weighted by molar-refractivity contribution is -0.384. The average molecular weight is 331 g/mol. The van der Waals surface area contributed by atoms with E-state index in [-0.39, 0.29) is 30.4 Å². The van der Waals surface area contributed by atoms with Gasteiger partial charge in [-0.2, -0.15) is 0 Å². The number of terminal acetylenes is 1. The number of carbonyl (C=O) groups is 1. The van der Waals surface area contributed by atoms with Gasteiger partial charge in [-0.15, -0.1) is 6.42 Å². The Morgan fingerprint density at radius 3 is 3.04 bits per heavy atom. The van der Waals surface area contributed by atoms with E-state index in [2.05, 4.69) is 11.2 Å². The van der Waals surface area contributed by atoms with Gasteiger partial charge in [0.25, 0.3) is 5.69 Å². The molecular formula is C17H21N3O4. The van der Waals surface area contributed by atoms with Crippen molar-refractivity contribution in [3.8, 4) is 12.3 Å². The molecule has 2 amide bonds. The topological polar surface area (TPSA) is 84.7 Å². The maximum atomic E-state index is 12.5. The molecule has 1 saturated heterocycles. The highest BCUT2D eigenvalue weighted by atomic mass is 16.6. The number of hydrogen-bond donors (Lipinski definition) is 1. The van der Waals surface area contributed by atoms with Crippen molar-refractivity contribution in [1.29, 1.82) is 0 Å². The molecule has 1 aliphatic rings. The molecule has 2 atom stereocenters. The Labute approximate surface area is 141 Å². The first kappa shape index (κ1) is 17.8. The predicted octanol–water partition coefficient (Wildman–Crippen LogP) is 2.48. The molecule has 24 heavy (non-hydrogen) atoms. The quantitative estimate of drug-likeness (QED) is 0.493. The zero-order valence-electron chi connectivity index (χ0n) is 13.6. The zero-order valence-corrected chi connectivity index (χ0v) is 13.6. The average Bonchev–Trinajstić information content (AvgIpc) is 3.07. The molecule has 2 rings (SSSR count). The molecule has 1 aromatic rings. The van der Waals surface area contributed by atoms with Gasteiger partial charge >= 0.3 is 6.03 Å². The zero-order chi connectivity index (χ0) is 17.5. The number of nitro groups is 1. The van der Waals surface area contributed by atoms with Crippen molar-refractivity contribution in [1.82, 2.24) is 10.2 Å². The van der Waals surface area contributed by atoms with E-state index in [0.717, 1.165) is 12.8 Å². The van der Waals surface area contributed by atoms with Crippen LogP contribution in [-0.2, 0) is 4.74 Å². The molecule has 1 fully saturated rings. The van der Waals surface area contributed by atoms with E-state index in [1.165, 1.54) is 17.0 Å². The maximum absolute atomic E-state index is 12.5. The Hall–Kier alpha value is -2.59. The number of ether oxygens (including phenoxy) is 1. The number of hydrogen-bond acceptors (Lipinski definition) is 4. The Kier molecular flexibility index (Phi) is 6.15. The summed E-state index contributed by atoms with van der Waals surface area (Å²) < 4.78 is 5.55. The van der Waals surface area contributed by atoms with Gasteiger partial charge in [-0.25, -0.2) is 4.79 Å². The van der Waals surface area contributed by atoms with Crippen LogP contribution in [0.2, 0.25) is 0 Å². The summed E-state index contributed by atoms with van der Waals surface area (Å²) >= 11 is 0. The largest absolute Gasteiger partial charge is 0.376 e. The van der Waals surface area contributed by atoms with Gasteiger partial charge in [-0.3, -0.25) is 10.1 Å². The van der Waals surface area contributed by atoms with Crippen LogP contribution in [0.25, 0.3) is 0 Å². The third-order valence-electron chi connectivity index (χ3n) is 3.94. The van der Waals surface area contributed by atoms with E-state index in [9.17, 15) is 14.9 Å². The second-order valence-corrected chi connectivity index (χ2v) is 5.74. The molecule has 1 N–H and O–H groups in total. The molecule has 0 unspecified atom stereocenters. The van der Waals surface area contributed by atoms with Crippen molar-refractivity contribution in [3.05, 3.63) is 39.9 Å². The van der Waals surface area contributed by atoms with Gasteiger partial charge in [0.2, 0.25) is 0 Å². The maximum Gasteiger partial charge on any atom is 0.318 e. The lowest BCUT2D eigenvalue weighted by Gasteiger charge is -2.25. The summed E-state index contributed by atoms with van der Waals surface area (Å²) in [4.78, 5) is 24.4. The second-order valence-electron chi connectivity index (χ2n) is 5.74. The number of carbonyl (C=O) groups excluding carboxylic acids is 1. The van der Waals surface area contributed by atoms with Crippen LogP contribution in [0.3, 0.4) is 0 Å². The summed E-state index contributed by atoms with van der Waals surface area (Å²) in [5.74, 6) is 2.48. The number of urea groups is 1. The lowest BCUT2D eigenvalue weighted by Crippen LogP contribution is -2.44. The van der Waals surface area contributed by atoms with Crippen molar-refractivity contribution < 1.29 is 14.5 Å². The van der Waals surface area contributed by atoms with E-state index < -0.39 is 4.92 Å². The van der Waals surface area contributed by atoms with E-state index in [1.807, 2.05) is 0 Å². The molecule has 0 spiro atoms. The third kappa shape index (κ3) is 4.70. The summed E-state index contributed by atoms with van der Waals surface area (Å²) in [7, 11) is 0. The summed E-state index contributed by atoms with van der Waals surface area (Å²) in [6.45, 7) is 3.11. The fourth-order valence-electron chi connectivity index (χ4n) is 2.63. The molecule has 7 heteroatoms. The lowest BCUT2D eigenvalue weighted by atomic mass is 10.1. The first-order valence-electron chi connectivity index (χ1n) is 7.86. The van der Waals surface area contributed by atoms with Gasteiger partial charge in [0.1, 0.15) is 0 Å². The number of nitro benzene ring substituents is 1. The Bertz CT molecular complexity index is 635. The van der Waals surface area contributed by atoms with Gasteiger partial charge in [0, 0.05) is 25.3 Å². The van der Waals surface area contributed by atoms with Crippen LogP contribution in [0.1, 0.15) is 31.4 Å². The second kappa shape index (κ2) is 8.31. The molecule has 0 saturated carbocycles. The molecule has 1 aliphatic heterocycles. The van der Waals surface area contributed by atoms with Crippen molar-refractivity contribution >= 4 is 11.7 Å². The molecule has 0 aliphatic carbocycles. The van der Waals surface area contributed by atoms with Gasteiger partial charge in [-0.05, 0) is 25.3 Å². The number of rotatable bonds is 6. The van der Waals surface area contributed by atoms with Crippen molar-refractivity contribution in [2.45, 2.75) is 31.9 Å². The monoisotopic (exact) mass is 331 g/mol. The van der Waals surface area contributed by atoms with Gasteiger partial charge in [0.05, 0.1) is 23.6 Å². The smallest absolute Gasteiger partial charge is 0.318 e. The minimum Gasteiger partial charge on any atom is -0.376 e. The Morgan fingerprint density at radius 2 is 2.42 bits per heavy atom. The molecule has 128 valence electrons. The SMILES string of the molecule is C#CCN(C[C@H]1CCCO1)C(=O)N[C@@H](C)c1cccc([N+](=O)[O-])c1. The number of benzene rings is 1. The van der Waals surface area contributed by atoms with E-state index >= 15 is 0 Å². The number of nitrogens with one attached hydrogen (secondary N) is 1. The standard InChI is InChI=1S/C17H21N3O4/c1-3-9-19(12-16-8-5-10-24-16)17(21)18-13(2)14-6-4-7-15(11-14)20(22)23/h1,4,6-7,11,13,16H,5,8-10,12H2,2H3,(H,18,21)/t13-,16+/m0/s1. The first-order chi connectivity index (χ1) is 11.5. The van der Waals surface area contributed by atoms with Crippen LogP contribution >= 0.6 is 0 Å². The summed E-state index contributed by atoms with van der Waals surface area (Å²) in [5, 5.41) is 13.7. The Balaban J connectivity index is 2.01. The highest BCUT2D eigenvalue weighted by Gasteiger charge is 2.23. The highest BCUT2D eigenvalue weighted by Crippen LogP contribution is 2.19. The molecular weight excluding hydrogens is 310 g/mol. The fraction of sp³-hybridized carbons (Fsp3) is 0.471. The molecule has 0 radical (unpaired) electrons. The number of non-ortho nitro benzene ring substituents is 1. The van der Waals surface area contributed by atoms with Gasteiger partial charge < -0.3 is 15.0 Å². The molecule has 7 nitrogen and oxygen atoms in total. The van der Waals surface area contributed by atoms with E-state index in [4.69, 9.17) is 11.2 Å². The molecule has 0 aromatic heterocycles. The van der Waals surface area contributed by atoms with Crippen molar-refractivity contribution in [2.75, 3.05) is 19.7 Å². The number of nitrogens with zero attached hydrogens (tertiary/aromatic N) is 2. The van der Waals surface area contributed by atoms with Crippen LogP contribution < -0.4 is 5.32 Å². The normalized spacial score (nSPS) is 17.8. The minimum atomic E-state index is -0.458. The number of amides is 2. The van der Waals surface area contributed by atoms with E-state index in [1.54, 1.807) is 19.1 Å². The van der Waals surface area contributed by atoms with Crippen molar-refractivity contribution in [3.63, 3.8) is 0 Å². The summed E-state index contributed by atoms with van der Waals surface area (Å²) in [5.41, 5.74) is 0.656. The predicted molar refractivity (Wildman–Crippen MR) is 89.4 cm³/mol. The minimum absolute atomic E-state index is 0.00608. The summed E-state index contributed by atoms with van der Waals surface area (Å²) in [6.07, 6.45) is 7.26. The fourth-order valence-corrected chi connectivity index (χ4v) is 2.63. The van der Waals surface area contributed by atoms with Crippen LogP contribution in [-0.4, -0.2) is 41.7 Å². The van der Waals surface area contributed by atoms with Crippen LogP contribution in [0.4, 0.5) is 10.5 Å². The third-order valence-corrected chi connectivity index (χ3v) is 3.94. The van der Waals surface area contributed by atoms with Crippen LogP contribution in [0, 0.1) is 22.5 Å². The summed E-state index contributed by atoms with van der Waals surface area (Å²) in [6, 6.07) is 5.53. The van der Waals surface area contributed by atoms with Crippen LogP contribution in [0.5, 0.6) is 0 Å². The molecule has 0 bridgehead atoms. The molecule has 1 aromatic carbocycles.